The summed E-state index contributed by atoms with van der Waals surface area (Å²) in [5.74, 6) is -3.65. The lowest BCUT2D eigenvalue weighted by Gasteiger charge is -1.81. The second-order valence-corrected chi connectivity index (χ2v) is 2.57. The Hall–Kier alpha value is -2.37. The average Bonchev–Trinajstić information content (AvgIpc) is 2.66. The first-order valence-corrected chi connectivity index (χ1v) is 3.95. The maximum absolute atomic E-state index is 9.10. The zero-order valence-electron chi connectivity index (χ0n) is 7.54. The smallest absolute Gasteiger partial charge is 0.414 e. The van der Waals surface area contributed by atoms with Gasteiger partial charge in [0, 0.05) is 5.39 Å². The molecule has 0 unspecified atom stereocenters. The fourth-order valence-electron chi connectivity index (χ4n) is 0.883. The highest BCUT2D eigenvalue weighted by Crippen LogP contribution is 2.06. The second kappa shape index (κ2) is 4.75. The zero-order valence-corrected chi connectivity index (χ0v) is 7.54. The lowest BCUT2D eigenvalue weighted by atomic mass is 10.3. The van der Waals surface area contributed by atoms with E-state index in [2.05, 4.69) is 10.2 Å². The highest BCUT2D eigenvalue weighted by atomic mass is 16.4. The van der Waals surface area contributed by atoms with E-state index in [0.717, 1.165) is 10.9 Å². The van der Waals surface area contributed by atoms with Crippen LogP contribution >= 0.6 is 0 Å². The third-order valence-corrected chi connectivity index (χ3v) is 1.53. The summed E-state index contributed by atoms with van der Waals surface area (Å²) >= 11 is 0. The molecule has 0 amide bonds. The van der Waals surface area contributed by atoms with Gasteiger partial charge < -0.3 is 10.2 Å². The number of aliphatic carboxylic acids is 2. The van der Waals surface area contributed by atoms with Crippen LogP contribution in [0.1, 0.15) is 0 Å². The van der Waals surface area contributed by atoms with Crippen LogP contribution in [0.3, 0.4) is 0 Å². The molecule has 1 aromatic heterocycles. The number of hydrogen-bond donors (Lipinski definition) is 3. The molecule has 6 nitrogen and oxygen atoms in total. The number of carboxylic acids is 2. The number of benzene rings is 1. The molecule has 0 spiro atoms. The van der Waals surface area contributed by atoms with Crippen molar-refractivity contribution in [3.63, 3.8) is 0 Å². The summed E-state index contributed by atoms with van der Waals surface area (Å²) in [6.45, 7) is 0. The largest absolute Gasteiger partial charge is 0.473 e. The highest BCUT2D eigenvalue weighted by Gasteiger charge is 2.04. The Balaban J connectivity index is 0.000000167. The maximum Gasteiger partial charge on any atom is 0.414 e. The van der Waals surface area contributed by atoms with Crippen LogP contribution in [0.5, 0.6) is 0 Å². The highest BCUT2D eigenvalue weighted by molar-refractivity contribution is 6.27. The van der Waals surface area contributed by atoms with Crippen LogP contribution < -0.4 is 0 Å². The van der Waals surface area contributed by atoms with Gasteiger partial charge in [-0.1, -0.05) is 18.2 Å². The van der Waals surface area contributed by atoms with Crippen molar-refractivity contribution in [3.8, 4) is 0 Å². The monoisotopic (exact) mass is 208 g/mol. The van der Waals surface area contributed by atoms with E-state index < -0.39 is 11.9 Å². The van der Waals surface area contributed by atoms with Crippen molar-refractivity contribution < 1.29 is 19.8 Å². The van der Waals surface area contributed by atoms with Crippen LogP contribution in [0.25, 0.3) is 10.9 Å². The number of aromatic amines is 1. The van der Waals surface area contributed by atoms with Gasteiger partial charge in [0.25, 0.3) is 0 Å². The molecule has 2 aromatic rings. The predicted octanol–water partition coefficient (Wildman–Crippen LogP) is 0.718. The molecule has 0 aliphatic carbocycles. The van der Waals surface area contributed by atoms with Crippen LogP contribution in [0.2, 0.25) is 0 Å². The number of fused-ring (bicyclic) bond motifs is 1. The number of para-hydroxylation sites is 1. The summed E-state index contributed by atoms with van der Waals surface area (Å²) in [7, 11) is 0. The van der Waals surface area contributed by atoms with E-state index in [1.165, 1.54) is 0 Å². The summed E-state index contributed by atoms with van der Waals surface area (Å²) in [5, 5.41) is 22.7. The Kier molecular flexibility index (Phi) is 3.39. The Bertz CT molecular complexity index is 435. The number of carbonyl (C=O) groups is 2. The van der Waals surface area contributed by atoms with E-state index in [-0.39, 0.29) is 0 Å². The third-order valence-electron chi connectivity index (χ3n) is 1.53. The zero-order chi connectivity index (χ0) is 11.3. The topological polar surface area (TPSA) is 103 Å². The van der Waals surface area contributed by atoms with E-state index in [0.29, 0.717) is 0 Å². The molecule has 2 rings (SSSR count). The third kappa shape index (κ3) is 3.11. The van der Waals surface area contributed by atoms with Gasteiger partial charge in [0.2, 0.25) is 0 Å². The van der Waals surface area contributed by atoms with E-state index in [1.807, 2.05) is 30.5 Å². The molecule has 0 radical (unpaired) electrons. The fourth-order valence-corrected chi connectivity index (χ4v) is 0.883. The lowest BCUT2D eigenvalue weighted by molar-refractivity contribution is -0.159. The molecule has 0 fully saturated rings. The fraction of sp³-hybridized carbons (Fsp3) is 0. The first-order valence-electron chi connectivity index (χ1n) is 3.95. The van der Waals surface area contributed by atoms with Gasteiger partial charge in [-0.3, -0.25) is 5.10 Å². The SMILES string of the molecule is O=C(O)C(=O)O.c1ccc2[nH]ncc2c1. The number of nitrogens with zero attached hydrogens (tertiary/aromatic N) is 1. The van der Waals surface area contributed by atoms with Crippen molar-refractivity contribution >= 4 is 22.8 Å². The molecule has 6 heteroatoms. The van der Waals surface area contributed by atoms with Gasteiger partial charge in [-0.25, -0.2) is 9.59 Å². The molecular formula is C9H8N2O4. The number of rotatable bonds is 0. The van der Waals surface area contributed by atoms with E-state index in [9.17, 15) is 0 Å². The van der Waals surface area contributed by atoms with E-state index >= 15 is 0 Å². The molecule has 1 heterocycles. The molecule has 15 heavy (non-hydrogen) atoms. The van der Waals surface area contributed by atoms with Crippen molar-refractivity contribution in [1.29, 1.82) is 0 Å². The van der Waals surface area contributed by atoms with Crippen LogP contribution in [0.15, 0.2) is 30.5 Å². The number of carboxylic acid groups (broad SMARTS) is 2. The van der Waals surface area contributed by atoms with Crippen LogP contribution in [0, 0.1) is 0 Å². The molecule has 0 aliphatic rings. The molecule has 1 aromatic carbocycles. The normalized spacial score (nSPS) is 9.07. The van der Waals surface area contributed by atoms with Gasteiger partial charge in [0.1, 0.15) is 0 Å². The number of aromatic nitrogens is 2. The molecule has 0 bridgehead atoms. The van der Waals surface area contributed by atoms with Gasteiger partial charge in [-0.2, -0.15) is 5.10 Å². The molecule has 0 saturated carbocycles. The maximum atomic E-state index is 9.10. The van der Waals surface area contributed by atoms with Crippen molar-refractivity contribution in [3.05, 3.63) is 30.5 Å². The molecule has 0 atom stereocenters. The predicted molar refractivity (Wildman–Crippen MR) is 51.4 cm³/mol. The molecule has 0 saturated heterocycles. The minimum absolute atomic E-state index is 1.09. The quantitative estimate of drug-likeness (QED) is 0.553. The average molecular weight is 208 g/mol. The number of hydrogen-bond acceptors (Lipinski definition) is 3. The van der Waals surface area contributed by atoms with Gasteiger partial charge in [-0.15, -0.1) is 0 Å². The van der Waals surface area contributed by atoms with E-state index in [1.54, 1.807) is 0 Å². The summed E-state index contributed by atoms with van der Waals surface area (Å²) in [5.41, 5.74) is 1.09. The lowest BCUT2D eigenvalue weighted by Crippen LogP contribution is -2.09. The van der Waals surface area contributed by atoms with Crippen molar-refractivity contribution in [2.45, 2.75) is 0 Å². The van der Waals surface area contributed by atoms with Gasteiger partial charge in [0.05, 0.1) is 11.7 Å². The first-order chi connectivity index (χ1) is 7.11. The second-order valence-electron chi connectivity index (χ2n) is 2.57. The summed E-state index contributed by atoms with van der Waals surface area (Å²) < 4.78 is 0. The van der Waals surface area contributed by atoms with Crippen molar-refractivity contribution in [2.24, 2.45) is 0 Å². The summed E-state index contributed by atoms with van der Waals surface area (Å²) in [4.78, 5) is 18.2. The van der Waals surface area contributed by atoms with Crippen molar-refractivity contribution in [2.75, 3.05) is 0 Å². The molecule has 3 N–H and O–H groups in total. The Morgan fingerprint density at radius 3 is 2.27 bits per heavy atom. The number of nitrogens with one attached hydrogen (secondary N) is 1. The summed E-state index contributed by atoms with van der Waals surface area (Å²) in [6, 6.07) is 8.01. The Labute approximate surface area is 84.2 Å². The summed E-state index contributed by atoms with van der Waals surface area (Å²) in [6.07, 6.45) is 1.81. The number of H-pyrrole nitrogens is 1. The first kappa shape index (κ1) is 10.7. The minimum Gasteiger partial charge on any atom is -0.473 e. The van der Waals surface area contributed by atoms with Crippen molar-refractivity contribution in [1.82, 2.24) is 10.2 Å². The standard InChI is InChI=1S/C7H6N2.C2H2O4/c1-2-4-7-6(3-1)5-8-9-7;3-1(4)2(5)6/h1-5H,(H,8,9);(H,3,4)(H,5,6). The van der Waals surface area contributed by atoms with Gasteiger partial charge in [-0.05, 0) is 6.07 Å². The molecule has 0 aliphatic heterocycles. The van der Waals surface area contributed by atoms with Crippen LogP contribution in [0.4, 0.5) is 0 Å². The van der Waals surface area contributed by atoms with Crippen LogP contribution in [-0.4, -0.2) is 32.3 Å². The van der Waals surface area contributed by atoms with Gasteiger partial charge >= 0.3 is 11.9 Å². The Morgan fingerprint density at radius 2 is 1.73 bits per heavy atom. The molecular weight excluding hydrogens is 200 g/mol. The van der Waals surface area contributed by atoms with Gasteiger partial charge in [0.15, 0.2) is 0 Å². The van der Waals surface area contributed by atoms with Crippen LogP contribution in [-0.2, 0) is 9.59 Å². The Morgan fingerprint density at radius 1 is 1.13 bits per heavy atom. The molecule has 78 valence electrons. The van der Waals surface area contributed by atoms with E-state index in [4.69, 9.17) is 19.8 Å². The minimum atomic E-state index is -1.82.